The van der Waals surface area contributed by atoms with Gasteiger partial charge in [-0.3, -0.25) is 9.59 Å². The first kappa shape index (κ1) is 16.1. The van der Waals surface area contributed by atoms with Crippen molar-refractivity contribution in [3.8, 4) is 0 Å². The molecule has 0 spiro atoms. The Kier molecular flexibility index (Phi) is 5.22. The molecule has 1 atom stereocenters. The molecule has 6 heteroatoms. The lowest BCUT2D eigenvalue weighted by Crippen LogP contribution is -2.47. The van der Waals surface area contributed by atoms with Crippen LogP contribution in [-0.2, 0) is 4.79 Å². The minimum atomic E-state index is -0.684. The van der Waals surface area contributed by atoms with Crippen LogP contribution in [0.1, 0.15) is 24.4 Å². The van der Waals surface area contributed by atoms with E-state index in [2.05, 4.69) is 10.6 Å². The van der Waals surface area contributed by atoms with Crippen LogP contribution in [0.4, 0.5) is 5.69 Å². The molecule has 2 amide bonds. The van der Waals surface area contributed by atoms with Crippen molar-refractivity contribution in [3.63, 3.8) is 0 Å². The fraction of sp³-hybridized carbons (Fsp3) is 0.250. The molecule has 1 aromatic carbocycles. The number of anilines is 1. The Bertz CT molecular complexity index is 653. The van der Waals surface area contributed by atoms with Crippen LogP contribution in [0.5, 0.6) is 0 Å². The van der Waals surface area contributed by atoms with Gasteiger partial charge in [0.05, 0.1) is 6.26 Å². The van der Waals surface area contributed by atoms with Crippen molar-refractivity contribution < 1.29 is 14.0 Å². The van der Waals surface area contributed by atoms with Gasteiger partial charge in [0.1, 0.15) is 6.04 Å². The monoisotopic (exact) mass is 320 g/mol. The lowest BCUT2D eigenvalue weighted by molar-refractivity contribution is -0.118. The van der Waals surface area contributed by atoms with Gasteiger partial charge in [0, 0.05) is 10.7 Å². The number of nitrogens with one attached hydrogen (secondary N) is 2. The number of halogens is 1. The molecule has 0 fully saturated rings. The molecular weight excluding hydrogens is 304 g/mol. The largest absolute Gasteiger partial charge is 0.459 e. The van der Waals surface area contributed by atoms with E-state index in [1.807, 2.05) is 13.8 Å². The Hall–Kier alpha value is -2.27. The van der Waals surface area contributed by atoms with Crippen molar-refractivity contribution in [1.82, 2.24) is 5.32 Å². The first-order valence-electron chi connectivity index (χ1n) is 6.88. The molecule has 1 heterocycles. The Morgan fingerprint density at radius 1 is 1.18 bits per heavy atom. The second-order valence-corrected chi connectivity index (χ2v) is 5.61. The highest BCUT2D eigenvalue weighted by atomic mass is 35.5. The van der Waals surface area contributed by atoms with Crippen LogP contribution in [0.25, 0.3) is 0 Å². The maximum atomic E-state index is 12.4. The number of amides is 2. The third kappa shape index (κ3) is 4.11. The molecule has 0 unspecified atom stereocenters. The summed E-state index contributed by atoms with van der Waals surface area (Å²) in [6.07, 6.45) is 1.41. The summed E-state index contributed by atoms with van der Waals surface area (Å²) in [7, 11) is 0. The van der Waals surface area contributed by atoms with Crippen molar-refractivity contribution in [2.75, 3.05) is 5.32 Å². The lowest BCUT2D eigenvalue weighted by atomic mass is 10.0. The lowest BCUT2D eigenvalue weighted by Gasteiger charge is -2.21. The third-order valence-corrected chi connectivity index (χ3v) is 3.31. The average Bonchev–Trinajstić information content (AvgIpc) is 2.98. The van der Waals surface area contributed by atoms with Gasteiger partial charge in [-0.1, -0.05) is 31.5 Å². The van der Waals surface area contributed by atoms with E-state index < -0.39 is 11.9 Å². The van der Waals surface area contributed by atoms with Crippen LogP contribution in [0.15, 0.2) is 47.1 Å². The third-order valence-electron chi connectivity index (χ3n) is 3.07. The second-order valence-electron chi connectivity index (χ2n) is 5.17. The van der Waals surface area contributed by atoms with Crippen LogP contribution >= 0.6 is 11.6 Å². The van der Waals surface area contributed by atoms with Crippen molar-refractivity contribution in [3.05, 3.63) is 53.4 Å². The zero-order chi connectivity index (χ0) is 16.1. The van der Waals surface area contributed by atoms with Gasteiger partial charge in [0.15, 0.2) is 5.76 Å². The van der Waals surface area contributed by atoms with E-state index in [0.717, 1.165) is 0 Å². The first-order valence-corrected chi connectivity index (χ1v) is 7.26. The maximum Gasteiger partial charge on any atom is 0.287 e. The molecule has 0 saturated heterocycles. The number of carbonyl (C=O) groups excluding carboxylic acids is 2. The van der Waals surface area contributed by atoms with Crippen LogP contribution < -0.4 is 10.6 Å². The number of carbonyl (C=O) groups is 2. The summed E-state index contributed by atoms with van der Waals surface area (Å²) in [4.78, 5) is 24.4. The molecule has 1 aromatic heterocycles. The van der Waals surface area contributed by atoms with Crippen molar-refractivity contribution in [2.45, 2.75) is 19.9 Å². The summed E-state index contributed by atoms with van der Waals surface area (Å²) >= 11 is 5.89. The van der Waals surface area contributed by atoms with E-state index in [9.17, 15) is 9.59 Å². The number of rotatable bonds is 5. The molecule has 0 bridgehead atoms. The summed E-state index contributed by atoms with van der Waals surface area (Å²) < 4.78 is 5.03. The van der Waals surface area contributed by atoms with Crippen molar-refractivity contribution in [1.29, 1.82) is 0 Å². The number of hydrogen-bond donors (Lipinski definition) is 2. The molecule has 2 N–H and O–H groups in total. The molecule has 0 aliphatic carbocycles. The zero-order valence-electron chi connectivity index (χ0n) is 12.3. The minimum Gasteiger partial charge on any atom is -0.459 e. The average molecular weight is 321 g/mol. The number of hydrogen-bond acceptors (Lipinski definition) is 3. The van der Waals surface area contributed by atoms with Gasteiger partial charge in [-0.05, 0) is 36.2 Å². The molecule has 22 heavy (non-hydrogen) atoms. The fourth-order valence-corrected chi connectivity index (χ4v) is 2.13. The van der Waals surface area contributed by atoms with Gasteiger partial charge >= 0.3 is 0 Å². The summed E-state index contributed by atoms with van der Waals surface area (Å²) in [5.74, 6) is -0.651. The highest BCUT2D eigenvalue weighted by Gasteiger charge is 2.25. The summed E-state index contributed by atoms with van der Waals surface area (Å²) in [5.41, 5.74) is 0.579. The molecular formula is C16H17ClN2O3. The Morgan fingerprint density at radius 2 is 1.95 bits per heavy atom. The van der Waals surface area contributed by atoms with Crippen LogP contribution in [0.2, 0.25) is 5.02 Å². The molecule has 116 valence electrons. The summed E-state index contributed by atoms with van der Waals surface area (Å²) in [6.45, 7) is 3.70. The predicted molar refractivity (Wildman–Crippen MR) is 84.9 cm³/mol. The SMILES string of the molecule is CC(C)[C@H](NC(=O)c1ccco1)C(=O)Nc1cccc(Cl)c1. The van der Waals surface area contributed by atoms with E-state index in [1.54, 1.807) is 36.4 Å². The molecule has 5 nitrogen and oxygen atoms in total. The van der Waals surface area contributed by atoms with Gasteiger partial charge in [0.25, 0.3) is 5.91 Å². The van der Waals surface area contributed by atoms with Gasteiger partial charge in [-0.15, -0.1) is 0 Å². The molecule has 2 aromatic rings. The molecule has 0 aliphatic rings. The summed E-state index contributed by atoms with van der Waals surface area (Å²) in [5, 5.41) is 5.95. The van der Waals surface area contributed by atoms with Crippen molar-refractivity contribution in [2.24, 2.45) is 5.92 Å². The van der Waals surface area contributed by atoms with Gasteiger partial charge < -0.3 is 15.1 Å². The van der Waals surface area contributed by atoms with Gasteiger partial charge in [-0.25, -0.2) is 0 Å². The fourth-order valence-electron chi connectivity index (χ4n) is 1.94. The Labute approximate surface area is 133 Å². The van der Waals surface area contributed by atoms with E-state index >= 15 is 0 Å². The maximum absolute atomic E-state index is 12.4. The van der Waals surface area contributed by atoms with Gasteiger partial charge in [0.2, 0.25) is 5.91 Å². The highest BCUT2D eigenvalue weighted by Crippen LogP contribution is 2.16. The highest BCUT2D eigenvalue weighted by molar-refractivity contribution is 6.30. The van der Waals surface area contributed by atoms with E-state index in [1.165, 1.54) is 6.26 Å². The Morgan fingerprint density at radius 3 is 2.55 bits per heavy atom. The molecule has 0 aliphatic heterocycles. The van der Waals surface area contributed by atoms with E-state index in [0.29, 0.717) is 10.7 Å². The Balaban J connectivity index is 2.07. The topological polar surface area (TPSA) is 71.3 Å². The molecule has 0 radical (unpaired) electrons. The van der Waals surface area contributed by atoms with Crippen molar-refractivity contribution >= 4 is 29.1 Å². The van der Waals surface area contributed by atoms with Crippen LogP contribution in [0.3, 0.4) is 0 Å². The second kappa shape index (κ2) is 7.13. The number of furan rings is 1. The smallest absolute Gasteiger partial charge is 0.287 e. The van der Waals surface area contributed by atoms with Gasteiger partial charge in [-0.2, -0.15) is 0 Å². The minimum absolute atomic E-state index is 0.0851. The zero-order valence-corrected chi connectivity index (χ0v) is 13.1. The van der Waals surface area contributed by atoms with Crippen LogP contribution in [0, 0.1) is 5.92 Å². The first-order chi connectivity index (χ1) is 10.5. The quantitative estimate of drug-likeness (QED) is 0.887. The standard InChI is InChI=1S/C16H17ClN2O3/c1-10(2)14(19-15(20)13-7-4-8-22-13)16(21)18-12-6-3-5-11(17)9-12/h3-10,14H,1-2H3,(H,18,21)(H,19,20)/t14-/m0/s1. The molecule has 2 rings (SSSR count). The van der Waals surface area contributed by atoms with E-state index in [4.69, 9.17) is 16.0 Å². The number of benzene rings is 1. The van der Waals surface area contributed by atoms with Crippen LogP contribution in [-0.4, -0.2) is 17.9 Å². The van der Waals surface area contributed by atoms with E-state index in [-0.39, 0.29) is 17.6 Å². The summed E-state index contributed by atoms with van der Waals surface area (Å²) in [6, 6.07) is 9.31. The normalized spacial score (nSPS) is 12.0. The molecule has 0 saturated carbocycles. The predicted octanol–water partition coefficient (Wildman–Crippen LogP) is 3.33.